The van der Waals surface area contributed by atoms with Crippen LogP contribution in [0.3, 0.4) is 0 Å². The zero-order valence-electron chi connectivity index (χ0n) is 20.2. The minimum atomic E-state index is -1.66. The highest BCUT2D eigenvalue weighted by atomic mass is 16.4. The number of aliphatic imine (C=N–C) groups is 1. The SMILES string of the molecule is CCC(C)C(NC(=O)C(CC(N)=O)NC(=O)C(CC(=O)O)NC(=O)C(N)CCCN=C(N)N)C(=O)O. The standard InChI is InChI=1S/C20H36N8O8/c1-3-9(2)15(19(35)36)28-18(34)11(7-13(22)29)27-17(33)12(8-14(30)31)26-16(32)10(21)5-4-6-25-20(23)24/h9-12,15H,3-8,21H2,1-2H3,(H2,22,29)(H,26,32)(H,27,33)(H,28,34)(H,30,31)(H,35,36)(H4,23,24,25). The average Bonchev–Trinajstić information content (AvgIpc) is 2.77. The molecule has 0 aromatic carbocycles. The Balaban J connectivity index is 5.48. The Morgan fingerprint density at radius 1 is 0.861 bits per heavy atom. The Bertz CT molecular complexity index is 846. The fourth-order valence-electron chi connectivity index (χ4n) is 2.93. The quantitative estimate of drug-likeness (QED) is 0.0514. The monoisotopic (exact) mass is 516 g/mol. The lowest BCUT2D eigenvalue weighted by atomic mass is 9.98. The number of carboxylic acid groups (broad SMARTS) is 2. The van der Waals surface area contributed by atoms with Crippen molar-refractivity contribution in [2.45, 2.75) is 70.1 Å². The van der Waals surface area contributed by atoms with Crippen LogP contribution in [0.5, 0.6) is 0 Å². The summed E-state index contributed by atoms with van der Waals surface area (Å²) in [5, 5.41) is 25.1. The number of nitrogens with one attached hydrogen (secondary N) is 3. The molecule has 13 N–H and O–H groups in total. The molecule has 0 spiro atoms. The number of rotatable bonds is 17. The third-order valence-corrected chi connectivity index (χ3v) is 5.13. The molecule has 0 fully saturated rings. The van der Waals surface area contributed by atoms with E-state index in [0.29, 0.717) is 12.8 Å². The number of nitrogens with two attached hydrogens (primary N) is 4. The maximum atomic E-state index is 12.8. The summed E-state index contributed by atoms with van der Waals surface area (Å²) in [5.41, 5.74) is 21.3. The molecule has 0 saturated carbocycles. The van der Waals surface area contributed by atoms with Crippen molar-refractivity contribution >= 4 is 41.5 Å². The number of amides is 4. The second-order valence-electron chi connectivity index (χ2n) is 8.16. The predicted octanol–water partition coefficient (Wildman–Crippen LogP) is -3.70. The number of hydrogen-bond acceptors (Lipinski definition) is 8. The Hall–Kier alpha value is -3.95. The Morgan fingerprint density at radius 3 is 1.86 bits per heavy atom. The molecule has 16 heteroatoms. The van der Waals surface area contributed by atoms with Crippen LogP contribution in [0.2, 0.25) is 0 Å². The van der Waals surface area contributed by atoms with Gasteiger partial charge in [-0.1, -0.05) is 20.3 Å². The van der Waals surface area contributed by atoms with E-state index in [0.717, 1.165) is 0 Å². The summed E-state index contributed by atoms with van der Waals surface area (Å²) in [7, 11) is 0. The van der Waals surface area contributed by atoms with Gasteiger partial charge in [0.05, 0.1) is 18.9 Å². The zero-order chi connectivity index (χ0) is 28.0. The molecule has 16 nitrogen and oxygen atoms in total. The first-order valence-corrected chi connectivity index (χ1v) is 11.1. The van der Waals surface area contributed by atoms with Crippen LogP contribution in [-0.4, -0.2) is 82.5 Å². The molecule has 0 aliphatic rings. The Kier molecular flexibility index (Phi) is 14.1. The molecular weight excluding hydrogens is 480 g/mol. The lowest BCUT2D eigenvalue weighted by Gasteiger charge is -2.25. The van der Waals surface area contributed by atoms with Crippen molar-refractivity contribution in [3.63, 3.8) is 0 Å². The molecule has 0 radical (unpaired) electrons. The minimum absolute atomic E-state index is 0.114. The molecule has 204 valence electrons. The molecule has 36 heavy (non-hydrogen) atoms. The highest BCUT2D eigenvalue weighted by Gasteiger charge is 2.33. The zero-order valence-corrected chi connectivity index (χ0v) is 20.2. The largest absolute Gasteiger partial charge is 0.481 e. The normalized spacial score (nSPS) is 14.8. The van der Waals surface area contributed by atoms with E-state index in [1.165, 1.54) is 0 Å². The number of guanidine groups is 1. The van der Waals surface area contributed by atoms with Crippen molar-refractivity contribution in [1.82, 2.24) is 16.0 Å². The van der Waals surface area contributed by atoms with Crippen molar-refractivity contribution in [2.75, 3.05) is 6.54 Å². The maximum Gasteiger partial charge on any atom is 0.326 e. The van der Waals surface area contributed by atoms with Crippen LogP contribution < -0.4 is 38.9 Å². The van der Waals surface area contributed by atoms with Crippen LogP contribution in [0, 0.1) is 5.92 Å². The van der Waals surface area contributed by atoms with Crippen LogP contribution in [0.25, 0.3) is 0 Å². The van der Waals surface area contributed by atoms with Crippen molar-refractivity contribution in [3.05, 3.63) is 0 Å². The van der Waals surface area contributed by atoms with Crippen LogP contribution in [0.1, 0.15) is 46.0 Å². The summed E-state index contributed by atoms with van der Waals surface area (Å²) < 4.78 is 0. The van der Waals surface area contributed by atoms with Gasteiger partial charge < -0.3 is 49.1 Å². The van der Waals surface area contributed by atoms with Gasteiger partial charge in [0.15, 0.2) is 5.96 Å². The van der Waals surface area contributed by atoms with Gasteiger partial charge in [-0.3, -0.25) is 29.0 Å². The molecule has 0 aromatic heterocycles. The second kappa shape index (κ2) is 15.9. The maximum absolute atomic E-state index is 12.8. The number of carbonyl (C=O) groups excluding carboxylic acids is 4. The van der Waals surface area contributed by atoms with E-state index >= 15 is 0 Å². The number of carbonyl (C=O) groups is 6. The molecular formula is C20H36N8O8. The fourth-order valence-corrected chi connectivity index (χ4v) is 2.93. The van der Waals surface area contributed by atoms with Crippen LogP contribution >= 0.6 is 0 Å². The number of nitrogens with zero attached hydrogens (tertiary/aromatic N) is 1. The second-order valence-corrected chi connectivity index (χ2v) is 8.16. The molecule has 0 rings (SSSR count). The van der Waals surface area contributed by atoms with Crippen molar-refractivity contribution in [2.24, 2.45) is 33.8 Å². The molecule has 0 bridgehead atoms. The smallest absolute Gasteiger partial charge is 0.326 e. The molecule has 5 atom stereocenters. The predicted molar refractivity (Wildman–Crippen MR) is 127 cm³/mol. The molecule has 4 amide bonds. The van der Waals surface area contributed by atoms with E-state index in [-0.39, 0.29) is 18.9 Å². The van der Waals surface area contributed by atoms with Crippen molar-refractivity contribution < 1.29 is 39.0 Å². The molecule has 0 heterocycles. The first-order valence-electron chi connectivity index (χ1n) is 11.1. The van der Waals surface area contributed by atoms with Gasteiger partial charge in [0.1, 0.15) is 18.1 Å². The van der Waals surface area contributed by atoms with Crippen molar-refractivity contribution in [1.29, 1.82) is 0 Å². The fraction of sp³-hybridized carbons (Fsp3) is 0.650. The van der Waals surface area contributed by atoms with E-state index in [9.17, 15) is 33.9 Å². The first-order chi connectivity index (χ1) is 16.7. The Labute approximate surface area is 207 Å². The van der Waals surface area contributed by atoms with Crippen molar-refractivity contribution in [3.8, 4) is 0 Å². The minimum Gasteiger partial charge on any atom is -0.481 e. The summed E-state index contributed by atoms with van der Waals surface area (Å²) in [6.07, 6.45) is -0.730. The van der Waals surface area contributed by atoms with Crippen LogP contribution in [0.4, 0.5) is 0 Å². The summed E-state index contributed by atoms with van der Waals surface area (Å²) in [4.78, 5) is 75.8. The number of hydrogen-bond donors (Lipinski definition) is 9. The van der Waals surface area contributed by atoms with Gasteiger partial charge in [0, 0.05) is 6.54 Å². The topological polar surface area (TPSA) is 295 Å². The van der Waals surface area contributed by atoms with Crippen LogP contribution in [-0.2, 0) is 28.8 Å². The summed E-state index contributed by atoms with van der Waals surface area (Å²) in [5.74, 6) is -7.38. The number of carboxylic acids is 2. The van der Waals surface area contributed by atoms with E-state index in [1.54, 1.807) is 13.8 Å². The van der Waals surface area contributed by atoms with Gasteiger partial charge in [-0.15, -0.1) is 0 Å². The number of aliphatic carboxylic acids is 2. The van der Waals surface area contributed by atoms with Gasteiger partial charge in [-0.2, -0.15) is 0 Å². The molecule has 0 saturated heterocycles. The van der Waals surface area contributed by atoms with Gasteiger partial charge in [-0.25, -0.2) is 4.79 Å². The lowest BCUT2D eigenvalue weighted by Crippen LogP contribution is -2.58. The van der Waals surface area contributed by atoms with E-state index in [4.69, 9.17) is 28.0 Å². The van der Waals surface area contributed by atoms with Gasteiger partial charge in [0.2, 0.25) is 23.6 Å². The van der Waals surface area contributed by atoms with E-state index in [2.05, 4.69) is 20.9 Å². The Morgan fingerprint density at radius 2 is 1.39 bits per heavy atom. The lowest BCUT2D eigenvalue weighted by molar-refractivity contribution is -0.144. The highest BCUT2D eigenvalue weighted by Crippen LogP contribution is 2.09. The summed E-state index contributed by atoms with van der Waals surface area (Å²) in [6, 6.07) is -5.73. The molecule has 5 unspecified atom stereocenters. The average molecular weight is 517 g/mol. The summed E-state index contributed by atoms with van der Waals surface area (Å²) >= 11 is 0. The van der Waals surface area contributed by atoms with E-state index in [1.807, 2.05) is 0 Å². The third-order valence-electron chi connectivity index (χ3n) is 5.13. The summed E-state index contributed by atoms with van der Waals surface area (Å²) in [6.45, 7) is 3.49. The van der Waals surface area contributed by atoms with E-state index < -0.39 is 78.5 Å². The van der Waals surface area contributed by atoms with Crippen LogP contribution in [0.15, 0.2) is 4.99 Å². The van der Waals surface area contributed by atoms with Gasteiger partial charge in [0.25, 0.3) is 0 Å². The highest BCUT2D eigenvalue weighted by molar-refractivity contribution is 5.97. The number of primary amides is 1. The molecule has 0 aromatic rings. The first kappa shape index (κ1) is 32.0. The third kappa shape index (κ3) is 12.5. The molecule has 0 aliphatic heterocycles. The van der Waals surface area contributed by atoms with Gasteiger partial charge in [-0.05, 0) is 18.8 Å². The molecule has 0 aliphatic carbocycles. The van der Waals surface area contributed by atoms with Gasteiger partial charge >= 0.3 is 11.9 Å².